The van der Waals surface area contributed by atoms with Crippen molar-refractivity contribution < 1.29 is 14.0 Å². The molecule has 0 radical (unpaired) electrons. The highest BCUT2D eigenvalue weighted by Gasteiger charge is 2.28. The molecular weight excluding hydrogens is 349 g/mol. The molecule has 27 heavy (non-hydrogen) atoms. The van der Waals surface area contributed by atoms with Crippen LogP contribution in [0.4, 0.5) is 4.39 Å². The summed E-state index contributed by atoms with van der Waals surface area (Å²) in [5.41, 5.74) is 0.153. The number of nitrogens with one attached hydrogen (secondary N) is 2. The van der Waals surface area contributed by atoms with Crippen LogP contribution in [0.15, 0.2) is 47.4 Å². The van der Waals surface area contributed by atoms with E-state index in [0.717, 1.165) is 18.4 Å². The SMILES string of the molecule is CC(NC(=O)Cn1cccc(C(=O)NCc2ccc(F)cc2)c1=O)C1CC1. The van der Waals surface area contributed by atoms with E-state index in [-0.39, 0.29) is 36.4 Å². The van der Waals surface area contributed by atoms with Crippen LogP contribution in [0.2, 0.25) is 0 Å². The number of hydrogen-bond donors (Lipinski definition) is 2. The van der Waals surface area contributed by atoms with Gasteiger partial charge in [0.2, 0.25) is 5.91 Å². The summed E-state index contributed by atoms with van der Waals surface area (Å²) in [5, 5.41) is 5.52. The van der Waals surface area contributed by atoms with Gasteiger partial charge in [0.15, 0.2) is 0 Å². The van der Waals surface area contributed by atoms with E-state index in [0.29, 0.717) is 5.92 Å². The van der Waals surface area contributed by atoms with Crippen LogP contribution in [0, 0.1) is 11.7 Å². The number of benzene rings is 1. The average Bonchev–Trinajstić information content (AvgIpc) is 3.48. The molecule has 2 aromatic rings. The molecule has 1 heterocycles. The smallest absolute Gasteiger partial charge is 0.263 e. The zero-order chi connectivity index (χ0) is 19.4. The molecule has 0 saturated heterocycles. The maximum Gasteiger partial charge on any atom is 0.263 e. The van der Waals surface area contributed by atoms with Gasteiger partial charge in [-0.2, -0.15) is 0 Å². The summed E-state index contributed by atoms with van der Waals surface area (Å²) in [5.74, 6) is -0.620. The van der Waals surface area contributed by atoms with Gasteiger partial charge in [0.25, 0.3) is 11.5 Å². The van der Waals surface area contributed by atoms with E-state index in [2.05, 4.69) is 10.6 Å². The lowest BCUT2D eigenvalue weighted by atomic mass is 10.2. The molecule has 1 unspecified atom stereocenters. The van der Waals surface area contributed by atoms with Crippen LogP contribution in [-0.2, 0) is 17.9 Å². The van der Waals surface area contributed by atoms with Crippen LogP contribution in [0.25, 0.3) is 0 Å². The van der Waals surface area contributed by atoms with Crippen molar-refractivity contribution in [3.05, 3.63) is 69.9 Å². The standard InChI is InChI=1S/C20H22FN3O3/c1-13(15-6-7-15)23-18(25)12-24-10-2-3-17(20(24)27)19(26)22-11-14-4-8-16(21)9-5-14/h2-5,8-10,13,15H,6-7,11-12H2,1H3,(H,22,26)(H,23,25). The Bertz CT molecular complexity index is 888. The Morgan fingerprint density at radius 2 is 1.93 bits per heavy atom. The molecule has 1 aromatic heterocycles. The van der Waals surface area contributed by atoms with E-state index >= 15 is 0 Å². The number of amides is 2. The van der Waals surface area contributed by atoms with Gasteiger partial charge in [-0.25, -0.2) is 4.39 Å². The Hall–Kier alpha value is -2.96. The van der Waals surface area contributed by atoms with Crippen LogP contribution in [0.3, 0.4) is 0 Å². The summed E-state index contributed by atoms with van der Waals surface area (Å²) in [4.78, 5) is 37.0. The number of rotatable bonds is 7. The van der Waals surface area contributed by atoms with Crippen LogP contribution in [-0.4, -0.2) is 22.4 Å². The van der Waals surface area contributed by atoms with E-state index in [1.165, 1.54) is 29.0 Å². The van der Waals surface area contributed by atoms with E-state index in [1.54, 1.807) is 18.2 Å². The van der Waals surface area contributed by atoms with Crippen molar-refractivity contribution in [2.75, 3.05) is 0 Å². The number of aromatic nitrogens is 1. The lowest BCUT2D eigenvalue weighted by Crippen LogP contribution is -2.39. The molecule has 3 rings (SSSR count). The first-order valence-corrected chi connectivity index (χ1v) is 8.95. The summed E-state index contributed by atoms with van der Waals surface area (Å²) in [6.07, 6.45) is 3.72. The van der Waals surface area contributed by atoms with Gasteiger partial charge in [-0.3, -0.25) is 14.4 Å². The Labute approximate surface area is 156 Å². The number of hydrogen-bond acceptors (Lipinski definition) is 3. The van der Waals surface area contributed by atoms with Crippen molar-refractivity contribution in [3.63, 3.8) is 0 Å². The molecule has 0 spiro atoms. The minimum Gasteiger partial charge on any atom is -0.352 e. The second-order valence-electron chi connectivity index (χ2n) is 6.86. The molecular formula is C20H22FN3O3. The number of nitrogens with zero attached hydrogens (tertiary/aromatic N) is 1. The van der Waals surface area contributed by atoms with Gasteiger partial charge < -0.3 is 15.2 Å². The fraction of sp³-hybridized carbons (Fsp3) is 0.350. The number of pyridine rings is 1. The first-order valence-electron chi connectivity index (χ1n) is 8.95. The lowest BCUT2D eigenvalue weighted by molar-refractivity contribution is -0.122. The van der Waals surface area contributed by atoms with Gasteiger partial charge in [0, 0.05) is 18.8 Å². The summed E-state index contributed by atoms with van der Waals surface area (Å²) < 4.78 is 14.1. The predicted octanol–water partition coefficient (Wildman–Crippen LogP) is 1.83. The third-order valence-electron chi connectivity index (χ3n) is 4.66. The van der Waals surface area contributed by atoms with Crippen molar-refractivity contribution in [1.82, 2.24) is 15.2 Å². The summed E-state index contributed by atoms with van der Waals surface area (Å²) >= 11 is 0. The maximum absolute atomic E-state index is 12.9. The van der Waals surface area contributed by atoms with E-state index < -0.39 is 11.5 Å². The Morgan fingerprint density at radius 1 is 1.22 bits per heavy atom. The lowest BCUT2D eigenvalue weighted by Gasteiger charge is -2.14. The molecule has 142 valence electrons. The fourth-order valence-electron chi connectivity index (χ4n) is 2.88. The number of carbonyl (C=O) groups excluding carboxylic acids is 2. The van der Waals surface area contributed by atoms with Crippen LogP contribution >= 0.6 is 0 Å². The predicted molar refractivity (Wildman–Crippen MR) is 98.6 cm³/mol. The zero-order valence-corrected chi connectivity index (χ0v) is 15.1. The maximum atomic E-state index is 12.9. The van der Waals surface area contributed by atoms with Gasteiger partial charge in [-0.15, -0.1) is 0 Å². The number of halogens is 1. The molecule has 0 aliphatic heterocycles. The van der Waals surface area contributed by atoms with Crippen molar-refractivity contribution in [1.29, 1.82) is 0 Å². The third-order valence-corrected chi connectivity index (χ3v) is 4.66. The van der Waals surface area contributed by atoms with Gasteiger partial charge >= 0.3 is 0 Å². The van der Waals surface area contributed by atoms with E-state index in [9.17, 15) is 18.8 Å². The molecule has 1 saturated carbocycles. The highest BCUT2D eigenvalue weighted by Crippen LogP contribution is 2.32. The van der Waals surface area contributed by atoms with Crippen LogP contribution in [0.1, 0.15) is 35.7 Å². The Morgan fingerprint density at radius 3 is 2.59 bits per heavy atom. The fourth-order valence-corrected chi connectivity index (χ4v) is 2.88. The molecule has 1 aromatic carbocycles. The van der Waals surface area contributed by atoms with Gasteiger partial charge in [0.05, 0.1) is 0 Å². The van der Waals surface area contributed by atoms with Gasteiger partial charge in [-0.1, -0.05) is 12.1 Å². The Balaban J connectivity index is 1.62. The first-order chi connectivity index (χ1) is 12.9. The third kappa shape index (κ3) is 5.03. The number of carbonyl (C=O) groups is 2. The zero-order valence-electron chi connectivity index (χ0n) is 15.1. The quantitative estimate of drug-likeness (QED) is 0.779. The molecule has 1 aliphatic rings. The molecule has 7 heteroatoms. The van der Waals surface area contributed by atoms with Crippen LogP contribution in [0.5, 0.6) is 0 Å². The molecule has 2 amide bonds. The summed E-state index contributed by atoms with van der Waals surface area (Å²) in [6, 6.07) is 8.80. The monoisotopic (exact) mass is 371 g/mol. The highest BCUT2D eigenvalue weighted by molar-refractivity contribution is 5.93. The van der Waals surface area contributed by atoms with Crippen molar-refractivity contribution in [3.8, 4) is 0 Å². The minimum atomic E-state index is -0.537. The first kappa shape index (κ1) is 18.8. The average molecular weight is 371 g/mol. The van der Waals surface area contributed by atoms with Crippen molar-refractivity contribution in [2.45, 2.75) is 38.9 Å². The molecule has 1 aliphatic carbocycles. The van der Waals surface area contributed by atoms with Gasteiger partial charge in [0.1, 0.15) is 17.9 Å². The summed E-state index contributed by atoms with van der Waals surface area (Å²) in [7, 11) is 0. The normalized spacial score (nSPS) is 14.4. The topological polar surface area (TPSA) is 80.2 Å². The van der Waals surface area contributed by atoms with Crippen molar-refractivity contribution in [2.24, 2.45) is 5.92 Å². The second-order valence-corrected chi connectivity index (χ2v) is 6.86. The Kier molecular flexibility index (Phi) is 5.69. The largest absolute Gasteiger partial charge is 0.352 e. The highest BCUT2D eigenvalue weighted by atomic mass is 19.1. The van der Waals surface area contributed by atoms with E-state index in [4.69, 9.17) is 0 Å². The minimum absolute atomic E-state index is 0.0392. The molecule has 1 atom stereocenters. The second kappa shape index (κ2) is 8.16. The molecule has 0 bridgehead atoms. The van der Waals surface area contributed by atoms with Crippen LogP contribution < -0.4 is 16.2 Å². The molecule has 1 fully saturated rings. The molecule has 6 nitrogen and oxygen atoms in total. The van der Waals surface area contributed by atoms with Gasteiger partial charge in [-0.05, 0) is 55.5 Å². The summed E-state index contributed by atoms with van der Waals surface area (Å²) in [6.45, 7) is 2.00. The van der Waals surface area contributed by atoms with E-state index in [1.807, 2.05) is 6.92 Å². The van der Waals surface area contributed by atoms with Crippen molar-refractivity contribution >= 4 is 11.8 Å². The molecule has 2 N–H and O–H groups in total.